The first kappa shape index (κ1) is 10.2. The molecule has 3 nitrogen and oxygen atoms in total. The molecule has 0 amide bonds. The Bertz CT molecular complexity index is 288. The van der Waals surface area contributed by atoms with E-state index in [9.17, 15) is 0 Å². The number of anilines is 2. The number of benzene rings is 1. The third-order valence-corrected chi connectivity index (χ3v) is 2.10. The molecule has 0 spiro atoms. The fourth-order valence-electron chi connectivity index (χ4n) is 1.19. The van der Waals surface area contributed by atoms with Gasteiger partial charge in [0, 0.05) is 25.2 Å². The van der Waals surface area contributed by atoms with Gasteiger partial charge in [-0.3, -0.25) is 0 Å². The number of hydrogen-bond acceptors (Lipinski definition) is 3. The second-order valence-electron chi connectivity index (χ2n) is 2.91. The van der Waals surface area contributed by atoms with Crippen LogP contribution < -0.4 is 16.4 Å². The predicted octanol–water partition coefficient (Wildman–Crippen LogP) is 1.32. The van der Waals surface area contributed by atoms with E-state index in [1.807, 2.05) is 24.1 Å². The Morgan fingerprint density at radius 2 is 2.15 bits per heavy atom. The van der Waals surface area contributed by atoms with Crippen LogP contribution >= 0.6 is 11.6 Å². The van der Waals surface area contributed by atoms with Crippen LogP contribution in [0.3, 0.4) is 0 Å². The van der Waals surface area contributed by atoms with Gasteiger partial charge in [-0.1, -0.05) is 11.6 Å². The second-order valence-corrected chi connectivity index (χ2v) is 3.35. The number of nitrogens with two attached hydrogens (primary N) is 2. The lowest BCUT2D eigenvalue weighted by Gasteiger charge is -2.20. The fourth-order valence-corrected chi connectivity index (χ4v) is 1.37. The number of halogens is 1. The van der Waals surface area contributed by atoms with Crippen molar-refractivity contribution in [2.75, 3.05) is 30.8 Å². The molecule has 1 aromatic carbocycles. The molecule has 0 unspecified atom stereocenters. The van der Waals surface area contributed by atoms with Crippen molar-refractivity contribution in [3.05, 3.63) is 23.2 Å². The third-order valence-electron chi connectivity index (χ3n) is 1.87. The third kappa shape index (κ3) is 2.50. The van der Waals surface area contributed by atoms with Crippen molar-refractivity contribution < 1.29 is 0 Å². The Morgan fingerprint density at radius 1 is 1.46 bits per heavy atom. The number of nitrogen functional groups attached to an aromatic ring is 1. The highest BCUT2D eigenvalue weighted by molar-refractivity contribution is 6.31. The van der Waals surface area contributed by atoms with Crippen LogP contribution in [0.25, 0.3) is 0 Å². The van der Waals surface area contributed by atoms with Gasteiger partial charge >= 0.3 is 0 Å². The summed E-state index contributed by atoms with van der Waals surface area (Å²) in [5.41, 5.74) is 12.9. The maximum Gasteiger partial charge on any atom is 0.0598 e. The molecule has 72 valence electrons. The molecule has 0 aromatic heterocycles. The van der Waals surface area contributed by atoms with Crippen LogP contribution in [0.1, 0.15) is 0 Å². The van der Waals surface area contributed by atoms with Gasteiger partial charge in [0.05, 0.1) is 11.4 Å². The van der Waals surface area contributed by atoms with Gasteiger partial charge in [-0.25, -0.2) is 0 Å². The van der Waals surface area contributed by atoms with E-state index in [0.29, 0.717) is 17.3 Å². The summed E-state index contributed by atoms with van der Waals surface area (Å²) in [5, 5.41) is 0.655. The molecule has 4 heteroatoms. The standard InChI is InChI=1S/C9H14ClN3/c1-13(5-4-11)9-3-2-7(10)6-8(9)12/h2-3,6H,4-5,11-12H2,1H3. The molecule has 1 rings (SSSR count). The molecule has 0 bridgehead atoms. The van der Waals surface area contributed by atoms with Gasteiger partial charge in [0.1, 0.15) is 0 Å². The van der Waals surface area contributed by atoms with Crippen LogP contribution in [0.2, 0.25) is 5.02 Å². The SMILES string of the molecule is CN(CCN)c1ccc(Cl)cc1N. The summed E-state index contributed by atoms with van der Waals surface area (Å²) in [4.78, 5) is 2.01. The zero-order valence-electron chi connectivity index (χ0n) is 7.63. The molecular formula is C9H14ClN3. The molecule has 0 aliphatic heterocycles. The monoisotopic (exact) mass is 199 g/mol. The lowest BCUT2D eigenvalue weighted by molar-refractivity contribution is 0.887. The van der Waals surface area contributed by atoms with Crippen LogP contribution in [0.15, 0.2) is 18.2 Å². The summed E-state index contributed by atoms with van der Waals surface area (Å²) in [6, 6.07) is 5.46. The minimum absolute atomic E-state index is 0.610. The Hall–Kier alpha value is -0.930. The van der Waals surface area contributed by atoms with Crippen LogP contribution in [-0.4, -0.2) is 20.1 Å². The number of hydrogen-bond donors (Lipinski definition) is 2. The van der Waals surface area contributed by atoms with Gasteiger partial charge in [0.15, 0.2) is 0 Å². The van der Waals surface area contributed by atoms with Crippen LogP contribution in [-0.2, 0) is 0 Å². The van der Waals surface area contributed by atoms with Crippen molar-refractivity contribution in [1.82, 2.24) is 0 Å². The van der Waals surface area contributed by atoms with Gasteiger partial charge in [-0.15, -0.1) is 0 Å². The first-order chi connectivity index (χ1) is 6.15. The molecule has 0 aliphatic carbocycles. The smallest absolute Gasteiger partial charge is 0.0598 e. The highest BCUT2D eigenvalue weighted by Crippen LogP contribution is 2.25. The molecule has 0 saturated heterocycles. The van der Waals surface area contributed by atoms with E-state index in [0.717, 1.165) is 12.2 Å². The summed E-state index contributed by atoms with van der Waals surface area (Å²) in [6.07, 6.45) is 0. The first-order valence-corrected chi connectivity index (χ1v) is 4.49. The number of rotatable bonds is 3. The zero-order chi connectivity index (χ0) is 9.84. The maximum absolute atomic E-state index is 5.79. The minimum atomic E-state index is 0.610. The molecule has 0 radical (unpaired) electrons. The van der Waals surface area contributed by atoms with E-state index in [-0.39, 0.29) is 0 Å². The van der Waals surface area contributed by atoms with Gasteiger partial charge < -0.3 is 16.4 Å². The predicted molar refractivity (Wildman–Crippen MR) is 58.2 cm³/mol. The quantitative estimate of drug-likeness (QED) is 0.722. The molecule has 4 N–H and O–H groups in total. The topological polar surface area (TPSA) is 55.3 Å². The zero-order valence-corrected chi connectivity index (χ0v) is 8.38. The minimum Gasteiger partial charge on any atom is -0.397 e. The summed E-state index contributed by atoms with van der Waals surface area (Å²) in [7, 11) is 1.95. The normalized spacial score (nSPS) is 10.1. The molecule has 0 saturated carbocycles. The van der Waals surface area contributed by atoms with Gasteiger partial charge in [0.25, 0.3) is 0 Å². The summed E-state index contributed by atoms with van der Waals surface area (Å²) in [5.74, 6) is 0. The lowest BCUT2D eigenvalue weighted by Crippen LogP contribution is -2.25. The average molecular weight is 200 g/mol. The van der Waals surface area contributed by atoms with E-state index in [1.165, 1.54) is 0 Å². The lowest BCUT2D eigenvalue weighted by atomic mass is 10.2. The van der Waals surface area contributed by atoms with E-state index in [4.69, 9.17) is 23.1 Å². The van der Waals surface area contributed by atoms with E-state index < -0.39 is 0 Å². The number of nitrogens with zero attached hydrogens (tertiary/aromatic N) is 1. The Morgan fingerprint density at radius 3 is 2.69 bits per heavy atom. The van der Waals surface area contributed by atoms with Crippen molar-refractivity contribution in [2.24, 2.45) is 5.73 Å². The average Bonchev–Trinajstić information content (AvgIpc) is 2.04. The summed E-state index contributed by atoms with van der Waals surface area (Å²) < 4.78 is 0. The largest absolute Gasteiger partial charge is 0.397 e. The maximum atomic E-state index is 5.79. The van der Waals surface area contributed by atoms with Gasteiger partial charge in [0.2, 0.25) is 0 Å². The van der Waals surface area contributed by atoms with E-state index in [1.54, 1.807) is 6.07 Å². The van der Waals surface area contributed by atoms with Crippen LogP contribution in [0.5, 0.6) is 0 Å². The van der Waals surface area contributed by atoms with Crippen molar-refractivity contribution >= 4 is 23.0 Å². The van der Waals surface area contributed by atoms with E-state index in [2.05, 4.69) is 0 Å². The van der Waals surface area contributed by atoms with Crippen molar-refractivity contribution in [3.8, 4) is 0 Å². The van der Waals surface area contributed by atoms with Crippen LogP contribution in [0, 0.1) is 0 Å². The Balaban J connectivity index is 2.88. The van der Waals surface area contributed by atoms with Crippen molar-refractivity contribution in [1.29, 1.82) is 0 Å². The summed E-state index contributed by atoms with van der Waals surface area (Å²) in [6.45, 7) is 1.39. The molecular weight excluding hydrogens is 186 g/mol. The first-order valence-electron chi connectivity index (χ1n) is 4.11. The van der Waals surface area contributed by atoms with E-state index >= 15 is 0 Å². The van der Waals surface area contributed by atoms with Crippen molar-refractivity contribution in [3.63, 3.8) is 0 Å². The Kier molecular flexibility index (Phi) is 3.39. The Labute approximate surface area is 83.3 Å². The van der Waals surface area contributed by atoms with Crippen LogP contribution in [0.4, 0.5) is 11.4 Å². The molecule has 1 aromatic rings. The summed E-state index contributed by atoms with van der Waals surface area (Å²) >= 11 is 5.78. The van der Waals surface area contributed by atoms with Gasteiger partial charge in [-0.05, 0) is 18.2 Å². The molecule has 0 heterocycles. The highest BCUT2D eigenvalue weighted by atomic mass is 35.5. The molecule has 0 atom stereocenters. The molecule has 13 heavy (non-hydrogen) atoms. The van der Waals surface area contributed by atoms with Gasteiger partial charge in [-0.2, -0.15) is 0 Å². The van der Waals surface area contributed by atoms with Crippen molar-refractivity contribution in [2.45, 2.75) is 0 Å². The fraction of sp³-hybridized carbons (Fsp3) is 0.333. The molecule has 0 fully saturated rings. The number of likely N-dealkylation sites (N-methyl/N-ethyl adjacent to an activating group) is 1. The second kappa shape index (κ2) is 4.35. The highest BCUT2D eigenvalue weighted by Gasteiger charge is 2.03. The molecule has 0 aliphatic rings.